The van der Waals surface area contributed by atoms with Crippen molar-refractivity contribution in [1.29, 1.82) is 0 Å². The highest BCUT2D eigenvalue weighted by molar-refractivity contribution is 5.96. The molecule has 0 aliphatic heterocycles. The maximum absolute atomic E-state index is 11.1. The van der Waals surface area contributed by atoms with Gasteiger partial charge in [0.05, 0.1) is 27.1 Å². The molecular weight excluding hydrogens is 288 g/mol. The number of carbonyl (C=O) groups is 2. The van der Waals surface area contributed by atoms with Gasteiger partial charge in [-0.05, 0) is 22.9 Å². The first-order valence-electron chi connectivity index (χ1n) is 6.57. The van der Waals surface area contributed by atoms with Crippen molar-refractivity contribution in [1.82, 2.24) is 0 Å². The summed E-state index contributed by atoms with van der Waals surface area (Å²) in [5.74, 6) is -1.05. The van der Waals surface area contributed by atoms with Crippen LogP contribution in [0.25, 0.3) is 10.8 Å². The molecule has 22 heavy (non-hydrogen) atoms. The Labute approximate surface area is 126 Å². The van der Waals surface area contributed by atoms with Gasteiger partial charge in [0, 0.05) is 11.1 Å². The van der Waals surface area contributed by atoms with Crippen molar-refractivity contribution < 1.29 is 29.3 Å². The Morgan fingerprint density at radius 2 is 1.18 bits per heavy atom. The van der Waals surface area contributed by atoms with Crippen LogP contribution < -0.4 is 9.47 Å². The number of methoxy groups -OCH3 is 2. The largest absolute Gasteiger partial charge is 0.496 e. The molecule has 0 atom stereocenters. The zero-order chi connectivity index (χ0) is 16.3. The lowest BCUT2D eigenvalue weighted by molar-refractivity contribution is -0.137. The van der Waals surface area contributed by atoms with Gasteiger partial charge in [-0.15, -0.1) is 0 Å². The second-order valence-corrected chi connectivity index (χ2v) is 4.73. The van der Waals surface area contributed by atoms with Crippen molar-refractivity contribution in [3.8, 4) is 11.5 Å². The van der Waals surface area contributed by atoms with Gasteiger partial charge in [0.1, 0.15) is 11.5 Å². The lowest BCUT2D eigenvalue weighted by atomic mass is 9.95. The smallest absolute Gasteiger partial charge is 0.307 e. The molecule has 116 valence electrons. The van der Waals surface area contributed by atoms with Crippen LogP contribution in [-0.4, -0.2) is 36.4 Å². The van der Waals surface area contributed by atoms with E-state index in [0.29, 0.717) is 33.4 Å². The van der Waals surface area contributed by atoms with Crippen LogP contribution in [0.15, 0.2) is 24.3 Å². The summed E-state index contributed by atoms with van der Waals surface area (Å²) in [4.78, 5) is 22.2. The molecule has 2 aromatic carbocycles. The van der Waals surface area contributed by atoms with Gasteiger partial charge in [-0.2, -0.15) is 0 Å². The number of ether oxygens (including phenoxy) is 2. The van der Waals surface area contributed by atoms with Gasteiger partial charge in [-0.25, -0.2) is 0 Å². The zero-order valence-electron chi connectivity index (χ0n) is 12.3. The highest BCUT2D eigenvalue weighted by Gasteiger charge is 2.17. The summed E-state index contributed by atoms with van der Waals surface area (Å²) in [5, 5.41) is 19.5. The minimum absolute atomic E-state index is 0.209. The molecule has 0 bridgehead atoms. The van der Waals surface area contributed by atoms with Crippen LogP contribution in [-0.2, 0) is 22.4 Å². The quantitative estimate of drug-likeness (QED) is 0.849. The van der Waals surface area contributed by atoms with E-state index < -0.39 is 11.9 Å². The average molecular weight is 304 g/mol. The van der Waals surface area contributed by atoms with Crippen molar-refractivity contribution in [2.75, 3.05) is 14.2 Å². The van der Waals surface area contributed by atoms with Crippen LogP contribution in [0.3, 0.4) is 0 Å². The maximum Gasteiger partial charge on any atom is 0.307 e. The molecule has 0 saturated carbocycles. The van der Waals surface area contributed by atoms with Gasteiger partial charge in [-0.3, -0.25) is 9.59 Å². The molecule has 0 amide bonds. The predicted molar refractivity (Wildman–Crippen MR) is 79.7 cm³/mol. The Balaban J connectivity index is 2.77. The SMILES string of the molecule is COc1ccc2c(CC(=O)O)c(OC)ccc2c1CC(=O)O. The number of hydrogen-bond acceptors (Lipinski definition) is 4. The first-order chi connectivity index (χ1) is 10.5. The number of hydrogen-bond donors (Lipinski definition) is 2. The van der Waals surface area contributed by atoms with E-state index in [4.69, 9.17) is 19.7 Å². The van der Waals surface area contributed by atoms with Gasteiger partial charge in [0.2, 0.25) is 0 Å². The van der Waals surface area contributed by atoms with Crippen molar-refractivity contribution in [3.63, 3.8) is 0 Å². The standard InChI is InChI=1S/C16H16O6/c1-21-13-5-3-10-9(11(13)7-15(17)18)4-6-14(22-2)12(10)8-16(19)20/h3-6H,7-8H2,1-2H3,(H,17,18)(H,19,20). The molecule has 0 radical (unpaired) electrons. The van der Waals surface area contributed by atoms with Crippen LogP contribution in [0, 0.1) is 0 Å². The monoisotopic (exact) mass is 304 g/mol. The molecule has 0 unspecified atom stereocenters. The molecule has 0 fully saturated rings. The number of aliphatic carboxylic acids is 2. The van der Waals surface area contributed by atoms with E-state index in [2.05, 4.69) is 0 Å². The van der Waals surface area contributed by atoms with Crippen LogP contribution in [0.2, 0.25) is 0 Å². The summed E-state index contributed by atoms with van der Waals surface area (Å²) in [5.41, 5.74) is 1.03. The van der Waals surface area contributed by atoms with Crippen LogP contribution in [0.4, 0.5) is 0 Å². The third kappa shape index (κ3) is 2.95. The Hall–Kier alpha value is -2.76. The number of fused-ring (bicyclic) bond motifs is 1. The number of carboxylic acids is 2. The summed E-state index contributed by atoms with van der Waals surface area (Å²) in [6.07, 6.45) is -0.418. The Kier molecular flexibility index (Phi) is 4.50. The third-order valence-corrected chi connectivity index (χ3v) is 3.43. The zero-order valence-corrected chi connectivity index (χ0v) is 12.3. The van der Waals surface area contributed by atoms with Gasteiger partial charge in [-0.1, -0.05) is 12.1 Å². The van der Waals surface area contributed by atoms with Gasteiger partial charge < -0.3 is 19.7 Å². The summed E-state index contributed by atoms with van der Waals surface area (Å²) in [6.45, 7) is 0. The molecule has 0 spiro atoms. The normalized spacial score (nSPS) is 10.5. The minimum Gasteiger partial charge on any atom is -0.496 e. The van der Waals surface area contributed by atoms with E-state index in [-0.39, 0.29) is 12.8 Å². The Bertz CT molecular complexity index is 672. The van der Waals surface area contributed by atoms with E-state index in [1.54, 1.807) is 24.3 Å². The number of carboxylic acid groups (broad SMARTS) is 2. The molecule has 2 rings (SSSR count). The van der Waals surface area contributed by atoms with Crippen LogP contribution in [0.1, 0.15) is 11.1 Å². The fourth-order valence-electron chi connectivity index (χ4n) is 2.54. The molecule has 0 aromatic heterocycles. The highest BCUT2D eigenvalue weighted by Crippen LogP contribution is 2.35. The van der Waals surface area contributed by atoms with Crippen molar-refractivity contribution >= 4 is 22.7 Å². The maximum atomic E-state index is 11.1. The number of rotatable bonds is 6. The number of benzene rings is 2. The van der Waals surface area contributed by atoms with E-state index in [9.17, 15) is 9.59 Å². The Morgan fingerprint density at radius 1 is 0.818 bits per heavy atom. The van der Waals surface area contributed by atoms with E-state index in [1.807, 2.05) is 0 Å². The molecule has 0 heterocycles. The van der Waals surface area contributed by atoms with E-state index in [1.165, 1.54) is 14.2 Å². The first kappa shape index (κ1) is 15.6. The van der Waals surface area contributed by atoms with Gasteiger partial charge in [0.25, 0.3) is 0 Å². The molecule has 6 heteroatoms. The second kappa shape index (κ2) is 6.34. The van der Waals surface area contributed by atoms with Crippen LogP contribution in [0.5, 0.6) is 11.5 Å². The first-order valence-corrected chi connectivity index (χ1v) is 6.57. The molecule has 0 aliphatic carbocycles. The van der Waals surface area contributed by atoms with Crippen molar-refractivity contribution in [2.45, 2.75) is 12.8 Å². The fraction of sp³-hybridized carbons (Fsp3) is 0.250. The minimum atomic E-state index is -0.985. The van der Waals surface area contributed by atoms with Crippen molar-refractivity contribution in [2.24, 2.45) is 0 Å². The summed E-state index contributed by atoms with van der Waals surface area (Å²) >= 11 is 0. The van der Waals surface area contributed by atoms with Crippen LogP contribution >= 0.6 is 0 Å². The van der Waals surface area contributed by atoms with Gasteiger partial charge >= 0.3 is 11.9 Å². The molecular formula is C16H16O6. The summed E-state index contributed by atoms with van der Waals surface area (Å²) in [7, 11) is 2.93. The lowest BCUT2D eigenvalue weighted by Gasteiger charge is -2.15. The molecule has 0 saturated heterocycles. The highest BCUT2D eigenvalue weighted by atomic mass is 16.5. The lowest BCUT2D eigenvalue weighted by Crippen LogP contribution is -2.06. The predicted octanol–water partition coefficient (Wildman–Crippen LogP) is 2.11. The van der Waals surface area contributed by atoms with Crippen molar-refractivity contribution in [3.05, 3.63) is 35.4 Å². The molecule has 2 N–H and O–H groups in total. The van der Waals surface area contributed by atoms with E-state index >= 15 is 0 Å². The average Bonchev–Trinajstić information content (AvgIpc) is 2.47. The second-order valence-electron chi connectivity index (χ2n) is 4.73. The van der Waals surface area contributed by atoms with Gasteiger partial charge in [0.15, 0.2) is 0 Å². The Morgan fingerprint density at radius 3 is 1.45 bits per heavy atom. The molecule has 0 aliphatic rings. The third-order valence-electron chi connectivity index (χ3n) is 3.43. The molecule has 2 aromatic rings. The summed E-state index contributed by atoms with van der Waals surface area (Å²) < 4.78 is 10.4. The topological polar surface area (TPSA) is 93.1 Å². The molecule has 6 nitrogen and oxygen atoms in total. The van der Waals surface area contributed by atoms with E-state index in [0.717, 1.165) is 0 Å². The summed E-state index contributed by atoms with van der Waals surface area (Å²) in [6, 6.07) is 6.73. The fourth-order valence-corrected chi connectivity index (χ4v) is 2.54.